The van der Waals surface area contributed by atoms with Gasteiger partial charge in [0.25, 0.3) is 0 Å². The molecule has 0 unspecified atom stereocenters. The minimum atomic E-state index is -0.619. The zero-order valence-electron chi connectivity index (χ0n) is 30.4. The normalized spacial score (nSPS) is 22.0. The third kappa shape index (κ3) is 10.9. The van der Waals surface area contributed by atoms with Crippen LogP contribution in [0.15, 0.2) is 48.5 Å². The van der Waals surface area contributed by atoms with Crippen molar-refractivity contribution < 1.29 is 32.6 Å². The number of piperazine rings is 2. The number of hydrogen-bond acceptors (Lipinski definition) is 6. The van der Waals surface area contributed by atoms with Gasteiger partial charge in [0.2, 0.25) is 5.91 Å². The van der Waals surface area contributed by atoms with E-state index in [2.05, 4.69) is 5.32 Å². The van der Waals surface area contributed by atoms with Crippen LogP contribution >= 0.6 is 0 Å². The Morgan fingerprint density at radius 2 is 1.06 bits per heavy atom. The molecule has 3 amide bonds. The van der Waals surface area contributed by atoms with Crippen LogP contribution in [0.4, 0.5) is 18.4 Å². The van der Waals surface area contributed by atoms with E-state index in [9.17, 15) is 23.2 Å². The molecule has 9 nitrogen and oxygen atoms in total. The number of nitrogens with one attached hydrogen (secondary N) is 1. The molecule has 0 radical (unpaired) electrons. The largest absolute Gasteiger partial charge is 0.444 e. The van der Waals surface area contributed by atoms with Crippen molar-refractivity contribution in [2.24, 2.45) is 5.41 Å². The van der Waals surface area contributed by atoms with E-state index in [0.717, 1.165) is 11.1 Å². The standard InChI is InChI=1S/C21H31FN2O3.C16H23FN2O2/c1-14-12-24(19(26)27-21(5,6)7)17(15-8-10-16(22)11-9-15)13-23(14)18(25)20(2,3)4;1-11-10-19(15(20)21-16(2,3)4)14(9-18-11)12-5-7-13(17)8-6-12/h8-11,14,17H,12-13H2,1-7H3;5-8,11,14,18H,9-10H2,1-4H3/t14-,17-;11-,14-/m11/s1. The highest BCUT2D eigenvalue weighted by molar-refractivity contribution is 5.82. The maximum Gasteiger partial charge on any atom is 0.410 e. The second kappa shape index (κ2) is 15.2. The summed E-state index contributed by atoms with van der Waals surface area (Å²) in [6.45, 7) is 22.5. The summed E-state index contributed by atoms with van der Waals surface area (Å²) >= 11 is 0. The van der Waals surface area contributed by atoms with Crippen molar-refractivity contribution in [2.45, 2.75) is 112 Å². The van der Waals surface area contributed by atoms with Crippen LogP contribution in [0.1, 0.15) is 99.4 Å². The van der Waals surface area contributed by atoms with Gasteiger partial charge in [-0.25, -0.2) is 18.4 Å². The van der Waals surface area contributed by atoms with Crippen LogP contribution in [0.5, 0.6) is 0 Å². The molecule has 0 spiro atoms. The number of carbonyl (C=O) groups is 3. The van der Waals surface area contributed by atoms with E-state index in [0.29, 0.717) is 26.2 Å². The van der Waals surface area contributed by atoms with Crippen molar-refractivity contribution in [3.8, 4) is 0 Å². The third-order valence-electron chi connectivity index (χ3n) is 7.91. The summed E-state index contributed by atoms with van der Waals surface area (Å²) in [6.07, 6.45) is -0.753. The lowest BCUT2D eigenvalue weighted by Crippen LogP contribution is -2.59. The van der Waals surface area contributed by atoms with E-state index in [-0.39, 0.29) is 47.8 Å². The van der Waals surface area contributed by atoms with Gasteiger partial charge in [0, 0.05) is 43.7 Å². The SMILES string of the molecule is C[C@@H]1CN(C(=O)OC(C)(C)C)[C@@H](c2ccc(F)cc2)CN1.C[C@@H]1CN(C(=O)OC(C)(C)C)[C@@H](c2ccc(F)cc2)CN1C(=O)C(C)(C)C. The van der Waals surface area contributed by atoms with Crippen LogP contribution in [0.2, 0.25) is 0 Å². The van der Waals surface area contributed by atoms with Crippen molar-refractivity contribution in [3.63, 3.8) is 0 Å². The Labute approximate surface area is 284 Å². The Morgan fingerprint density at radius 1 is 0.646 bits per heavy atom. The highest BCUT2D eigenvalue weighted by Gasteiger charge is 2.41. The number of nitrogens with zero attached hydrogens (tertiary/aromatic N) is 3. The first kappa shape index (κ1) is 38.7. The van der Waals surface area contributed by atoms with Crippen LogP contribution in [0.3, 0.4) is 0 Å². The quantitative estimate of drug-likeness (QED) is 0.356. The Bertz CT molecular complexity index is 1400. The lowest BCUT2D eigenvalue weighted by molar-refractivity contribution is -0.145. The maximum atomic E-state index is 13.4. The predicted molar refractivity (Wildman–Crippen MR) is 182 cm³/mol. The summed E-state index contributed by atoms with van der Waals surface area (Å²) in [5.74, 6) is -0.583. The summed E-state index contributed by atoms with van der Waals surface area (Å²) in [5, 5.41) is 3.35. The summed E-state index contributed by atoms with van der Waals surface area (Å²) in [4.78, 5) is 43.3. The zero-order valence-corrected chi connectivity index (χ0v) is 30.4. The fraction of sp³-hybridized carbons (Fsp3) is 0.595. The molecule has 4 rings (SSSR count). The van der Waals surface area contributed by atoms with Crippen molar-refractivity contribution in [2.75, 3.05) is 26.2 Å². The van der Waals surface area contributed by atoms with Crippen molar-refractivity contribution >= 4 is 18.1 Å². The number of carbonyl (C=O) groups excluding carboxylic acids is 3. The number of hydrogen-bond donors (Lipinski definition) is 1. The molecular formula is C37H54F2N4O5. The Hall–Kier alpha value is -3.73. The molecule has 0 saturated carbocycles. The molecule has 2 aromatic rings. The average Bonchev–Trinajstić information content (AvgIpc) is 2.96. The van der Waals surface area contributed by atoms with Crippen LogP contribution < -0.4 is 5.32 Å². The van der Waals surface area contributed by atoms with Crippen LogP contribution in [-0.4, -0.2) is 82.3 Å². The first-order valence-electron chi connectivity index (χ1n) is 16.6. The Kier molecular flexibility index (Phi) is 12.3. The molecule has 2 aliphatic heterocycles. The second-order valence-electron chi connectivity index (χ2n) is 15.8. The van der Waals surface area contributed by atoms with Crippen molar-refractivity contribution in [1.82, 2.24) is 20.0 Å². The molecule has 48 heavy (non-hydrogen) atoms. The van der Waals surface area contributed by atoms with E-state index in [1.807, 2.05) is 81.1 Å². The number of halogens is 2. The molecule has 2 heterocycles. The molecule has 11 heteroatoms. The molecular weight excluding hydrogens is 618 g/mol. The molecule has 266 valence electrons. The molecule has 0 aromatic heterocycles. The summed E-state index contributed by atoms with van der Waals surface area (Å²) in [7, 11) is 0. The number of amides is 3. The van der Waals surface area contributed by atoms with E-state index in [1.54, 1.807) is 34.1 Å². The summed E-state index contributed by atoms with van der Waals surface area (Å²) in [5.41, 5.74) is 0.0165. The van der Waals surface area contributed by atoms with Crippen LogP contribution in [-0.2, 0) is 14.3 Å². The number of rotatable bonds is 2. The van der Waals surface area contributed by atoms with Gasteiger partial charge in [0.15, 0.2) is 0 Å². The smallest absolute Gasteiger partial charge is 0.410 e. The van der Waals surface area contributed by atoms with Gasteiger partial charge in [0.05, 0.1) is 12.1 Å². The first-order chi connectivity index (χ1) is 22.1. The zero-order chi connectivity index (χ0) is 36.2. The highest BCUT2D eigenvalue weighted by atomic mass is 19.1. The van der Waals surface area contributed by atoms with Crippen molar-refractivity contribution in [1.29, 1.82) is 0 Å². The highest BCUT2D eigenvalue weighted by Crippen LogP contribution is 2.32. The van der Waals surface area contributed by atoms with E-state index < -0.39 is 22.7 Å². The van der Waals surface area contributed by atoms with E-state index in [1.165, 1.54) is 24.3 Å². The van der Waals surface area contributed by atoms with Crippen molar-refractivity contribution in [3.05, 3.63) is 71.3 Å². The molecule has 2 saturated heterocycles. The second-order valence-corrected chi connectivity index (χ2v) is 15.8. The maximum absolute atomic E-state index is 13.4. The van der Waals surface area contributed by atoms with Crippen LogP contribution in [0.25, 0.3) is 0 Å². The van der Waals surface area contributed by atoms with Gasteiger partial charge < -0.3 is 19.7 Å². The van der Waals surface area contributed by atoms with Gasteiger partial charge in [0.1, 0.15) is 22.8 Å². The first-order valence-corrected chi connectivity index (χ1v) is 16.6. The fourth-order valence-corrected chi connectivity index (χ4v) is 5.60. The van der Waals surface area contributed by atoms with Gasteiger partial charge >= 0.3 is 12.2 Å². The van der Waals surface area contributed by atoms with Gasteiger partial charge in [-0.1, -0.05) is 45.0 Å². The number of benzene rings is 2. The van der Waals surface area contributed by atoms with Gasteiger partial charge in [-0.15, -0.1) is 0 Å². The lowest BCUT2D eigenvalue weighted by atomic mass is 9.91. The monoisotopic (exact) mass is 672 g/mol. The summed E-state index contributed by atoms with van der Waals surface area (Å²) in [6, 6.07) is 11.9. The molecule has 1 N–H and O–H groups in total. The topological polar surface area (TPSA) is 91.4 Å². The minimum absolute atomic E-state index is 0.0333. The summed E-state index contributed by atoms with van der Waals surface area (Å²) < 4.78 is 37.5. The fourth-order valence-electron chi connectivity index (χ4n) is 5.60. The van der Waals surface area contributed by atoms with E-state index >= 15 is 0 Å². The average molecular weight is 673 g/mol. The van der Waals surface area contributed by atoms with Gasteiger partial charge in [-0.3, -0.25) is 14.6 Å². The van der Waals surface area contributed by atoms with Gasteiger partial charge in [-0.2, -0.15) is 0 Å². The molecule has 0 bridgehead atoms. The van der Waals surface area contributed by atoms with Crippen LogP contribution in [0, 0.1) is 17.0 Å². The Morgan fingerprint density at radius 3 is 1.48 bits per heavy atom. The molecule has 2 aliphatic rings. The van der Waals surface area contributed by atoms with Gasteiger partial charge in [-0.05, 0) is 90.8 Å². The van der Waals surface area contributed by atoms with E-state index in [4.69, 9.17) is 9.47 Å². The minimum Gasteiger partial charge on any atom is -0.444 e. The molecule has 0 aliphatic carbocycles. The predicted octanol–water partition coefficient (Wildman–Crippen LogP) is 7.48. The number of ether oxygens (including phenoxy) is 2. The lowest BCUT2D eigenvalue weighted by Gasteiger charge is -2.47. The third-order valence-corrected chi connectivity index (χ3v) is 7.91. The Balaban J connectivity index is 0.000000269. The molecule has 4 atom stereocenters. The molecule has 2 aromatic carbocycles. The molecule has 2 fully saturated rings.